The lowest BCUT2D eigenvalue weighted by atomic mass is 10.2. The largest absolute Gasteiger partial charge is 0.482 e. The molecule has 10 heteroatoms. The average Bonchev–Trinajstić information content (AvgIpc) is 3.03. The summed E-state index contributed by atoms with van der Waals surface area (Å²) in [5.41, 5.74) is 2.00. The Labute approximate surface area is 199 Å². The smallest absolute Gasteiger partial charge is 0.344 e. The molecule has 1 fully saturated rings. The van der Waals surface area contributed by atoms with Crippen molar-refractivity contribution in [1.29, 1.82) is 0 Å². The van der Waals surface area contributed by atoms with E-state index < -0.39 is 29.6 Å². The fraction of sp³-hybridized carbons (Fsp3) is 0.217. The van der Waals surface area contributed by atoms with Gasteiger partial charge in [0.2, 0.25) is 5.91 Å². The minimum absolute atomic E-state index is 0.200. The fourth-order valence-corrected chi connectivity index (χ4v) is 3.83. The maximum atomic E-state index is 12.7. The molecule has 0 aromatic heterocycles. The molecule has 3 amide bonds. The number of thioether (sulfide) groups is 1. The Kier molecular flexibility index (Phi) is 8.13. The summed E-state index contributed by atoms with van der Waals surface area (Å²) < 4.78 is 10.1. The van der Waals surface area contributed by atoms with E-state index in [1.54, 1.807) is 55.5 Å². The van der Waals surface area contributed by atoms with Crippen molar-refractivity contribution >= 4 is 58.1 Å². The Morgan fingerprint density at radius 2 is 1.88 bits per heavy atom. The van der Waals surface area contributed by atoms with Crippen molar-refractivity contribution in [1.82, 2.24) is 4.90 Å². The van der Waals surface area contributed by atoms with Gasteiger partial charge in [-0.1, -0.05) is 29.8 Å². The van der Waals surface area contributed by atoms with Crippen LogP contribution in [0.1, 0.15) is 18.1 Å². The summed E-state index contributed by atoms with van der Waals surface area (Å²) in [6.45, 7) is 3.21. The second-order valence-electron chi connectivity index (χ2n) is 6.94. The van der Waals surface area contributed by atoms with Gasteiger partial charge in [0.1, 0.15) is 12.3 Å². The van der Waals surface area contributed by atoms with Gasteiger partial charge < -0.3 is 14.8 Å². The first-order valence-electron chi connectivity index (χ1n) is 9.96. The van der Waals surface area contributed by atoms with Crippen molar-refractivity contribution in [2.75, 3.05) is 25.1 Å². The number of aryl methyl sites for hydroxylation is 1. The van der Waals surface area contributed by atoms with Crippen LogP contribution in [0.2, 0.25) is 5.02 Å². The van der Waals surface area contributed by atoms with Crippen molar-refractivity contribution in [2.45, 2.75) is 13.8 Å². The summed E-state index contributed by atoms with van der Waals surface area (Å²) in [6.07, 6.45) is 1.55. The molecule has 0 atom stereocenters. The third-order valence-electron chi connectivity index (χ3n) is 4.47. The van der Waals surface area contributed by atoms with Gasteiger partial charge in [0, 0.05) is 10.7 Å². The number of hydrogen-bond acceptors (Lipinski definition) is 7. The number of anilines is 1. The van der Waals surface area contributed by atoms with Gasteiger partial charge in [0.15, 0.2) is 6.61 Å². The monoisotopic (exact) mass is 488 g/mol. The van der Waals surface area contributed by atoms with Crippen LogP contribution in [0.15, 0.2) is 47.4 Å². The lowest BCUT2D eigenvalue weighted by Crippen LogP contribution is -2.36. The number of rotatable bonds is 8. The number of benzene rings is 2. The Morgan fingerprint density at radius 3 is 2.55 bits per heavy atom. The zero-order valence-corrected chi connectivity index (χ0v) is 19.5. The Hall–Kier alpha value is -3.30. The molecule has 0 bridgehead atoms. The van der Waals surface area contributed by atoms with E-state index in [0.29, 0.717) is 22.0 Å². The number of esters is 1. The highest BCUT2D eigenvalue weighted by Crippen LogP contribution is 2.32. The van der Waals surface area contributed by atoms with Crippen LogP contribution in [0.5, 0.6) is 5.75 Å². The van der Waals surface area contributed by atoms with Crippen LogP contribution in [0.4, 0.5) is 10.5 Å². The zero-order valence-electron chi connectivity index (χ0n) is 17.9. The summed E-state index contributed by atoms with van der Waals surface area (Å²) in [6, 6.07) is 11.7. The van der Waals surface area contributed by atoms with Gasteiger partial charge in [-0.2, -0.15) is 0 Å². The molecular weight excluding hydrogens is 468 g/mol. The second kappa shape index (κ2) is 11.0. The molecular formula is C23H21ClN2O6S. The molecule has 1 aliphatic rings. The quantitative estimate of drug-likeness (QED) is 0.437. The molecule has 8 nitrogen and oxygen atoms in total. The normalized spacial score (nSPS) is 14.5. The van der Waals surface area contributed by atoms with Crippen LogP contribution in [0.25, 0.3) is 6.08 Å². The van der Waals surface area contributed by atoms with E-state index >= 15 is 0 Å². The fourth-order valence-electron chi connectivity index (χ4n) is 2.81. The number of hydrogen-bond donors (Lipinski definition) is 1. The molecule has 2 aromatic carbocycles. The topological polar surface area (TPSA) is 102 Å². The van der Waals surface area contributed by atoms with Crippen molar-refractivity contribution in [3.05, 3.63) is 63.5 Å². The van der Waals surface area contributed by atoms with E-state index in [2.05, 4.69) is 5.32 Å². The number of ether oxygens (including phenoxy) is 2. The van der Waals surface area contributed by atoms with E-state index in [-0.39, 0.29) is 18.1 Å². The van der Waals surface area contributed by atoms with Gasteiger partial charge in [-0.3, -0.25) is 19.3 Å². The first-order chi connectivity index (χ1) is 15.8. The molecule has 1 N–H and O–H groups in total. The first kappa shape index (κ1) is 24.3. The van der Waals surface area contributed by atoms with E-state index in [1.807, 2.05) is 6.92 Å². The Bertz CT molecular complexity index is 1120. The number of carbonyl (C=O) groups excluding carboxylic acids is 4. The summed E-state index contributed by atoms with van der Waals surface area (Å²) in [5.74, 6) is -1.07. The molecule has 1 saturated heterocycles. The average molecular weight is 489 g/mol. The number of imide groups is 1. The standard InChI is InChI=1S/C23H21ClN2O6S/c1-3-31-21(28)13-32-17-8-5-15(6-9-17)10-19-22(29)26(23(30)33-19)12-20(27)25-16-7-4-14(2)18(24)11-16/h4-11H,3,12-13H2,1-2H3,(H,25,27)/b19-10-. The highest BCUT2D eigenvalue weighted by Gasteiger charge is 2.36. The van der Waals surface area contributed by atoms with Crippen molar-refractivity contribution in [3.63, 3.8) is 0 Å². The number of halogens is 1. The van der Waals surface area contributed by atoms with Crippen LogP contribution in [0.3, 0.4) is 0 Å². The number of nitrogens with zero attached hydrogens (tertiary/aromatic N) is 1. The first-order valence-corrected chi connectivity index (χ1v) is 11.2. The molecule has 172 valence electrons. The minimum Gasteiger partial charge on any atom is -0.482 e. The van der Waals surface area contributed by atoms with Gasteiger partial charge in [0.05, 0.1) is 11.5 Å². The van der Waals surface area contributed by atoms with Crippen molar-refractivity contribution < 1.29 is 28.7 Å². The number of carbonyl (C=O) groups is 4. The van der Waals surface area contributed by atoms with Gasteiger partial charge in [-0.05, 0) is 67.1 Å². The lowest BCUT2D eigenvalue weighted by Gasteiger charge is -2.13. The third-order valence-corrected chi connectivity index (χ3v) is 5.79. The van der Waals surface area contributed by atoms with E-state index in [4.69, 9.17) is 21.1 Å². The summed E-state index contributed by atoms with van der Waals surface area (Å²) in [5, 5.41) is 2.60. The summed E-state index contributed by atoms with van der Waals surface area (Å²) in [7, 11) is 0. The van der Waals surface area contributed by atoms with Gasteiger partial charge in [0.25, 0.3) is 11.1 Å². The zero-order chi connectivity index (χ0) is 24.0. The summed E-state index contributed by atoms with van der Waals surface area (Å²) >= 11 is 6.81. The molecule has 33 heavy (non-hydrogen) atoms. The van der Waals surface area contributed by atoms with E-state index in [9.17, 15) is 19.2 Å². The Morgan fingerprint density at radius 1 is 1.15 bits per heavy atom. The molecule has 0 aliphatic carbocycles. The predicted octanol–water partition coefficient (Wildman–Crippen LogP) is 4.27. The van der Waals surface area contributed by atoms with Crippen LogP contribution in [-0.4, -0.2) is 47.7 Å². The van der Waals surface area contributed by atoms with E-state index in [0.717, 1.165) is 22.2 Å². The molecule has 1 aliphatic heterocycles. The SMILES string of the molecule is CCOC(=O)COc1ccc(/C=C2\SC(=O)N(CC(=O)Nc3ccc(C)c(Cl)c3)C2=O)cc1. The Balaban J connectivity index is 1.60. The molecule has 1 heterocycles. The highest BCUT2D eigenvalue weighted by molar-refractivity contribution is 8.18. The number of nitrogens with one attached hydrogen (secondary N) is 1. The van der Waals surface area contributed by atoms with Crippen molar-refractivity contribution in [2.24, 2.45) is 0 Å². The van der Waals surface area contributed by atoms with Crippen LogP contribution < -0.4 is 10.1 Å². The predicted molar refractivity (Wildman–Crippen MR) is 126 cm³/mol. The van der Waals surface area contributed by atoms with Crippen LogP contribution in [0, 0.1) is 6.92 Å². The number of amides is 3. The molecule has 2 aromatic rings. The van der Waals surface area contributed by atoms with Gasteiger partial charge >= 0.3 is 5.97 Å². The maximum absolute atomic E-state index is 12.7. The molecule has 0 saturated carbocycles. The van der Waals surface area contributed by atoms with Crippen molar-refractivity contribution in [3.8, 4) is 5.75 Å². The van der Waals surface area contributed by atoms with Gasteiger partial charge in [-0.25, -0.2) is 4.79 Å². The molecule has 0 spiro atoms. The highest BCUT2D eigenvalue weighted by atomic mass is 35.5. The molecule has 3 rings (SSSR count). The lowest BCUT2D eigenvalue weighted by molar-refractivity contribution is -0.145. The maximum Gasteiger partial charge on any atom is 0.344 e. The molecule has 0 radical (unpaired) electrons. The van der Waals surface area contributed by atoms with Gasteiger partial charge in [-0.15, -0.1) is 0 Å². The van der Waals surface area contributed by atoms with E-state index in [1.165, 1.54) is 0 Å². The summed E-state index contributed by atoms with van der Waals surface area (Å²) in [4.78, 5) is 49.7. The van der Waals surface area contributed by atoms with Crippen LogP contribution in [-0.2, 0) is 19.1 Å². The third kappa shape index (κ3) is 6.59. The minimum atomic E-state index is -0.551. The van der Waals surface area contributed by atoms with Crippen LogP contribution >= 0.6 is 23.4 Å². The molecule has 0 unspecified atom stereocenters. The second-order valence-corrected chi connectivity index (χ2v) is 8.34.